The van der Waals surface area contributed by atoms with E-state index in [-0.39, 0.29) is 11.4 Å². The molecule has 0 aromatic heterocycles. The number of hydrogen-bond donors (Lipinski definition) is 2. The van der Waals surface area contributed by atoms with Crippen molar-refractivity contribution in [1.29, 1.82) is 0 Å². The number of nitro benzene ring substituents is 1. The van der Waals surface area contributed by atoms with Crippen LogP contribution in [0.5, 0.6) is 5.75 Å². The van der Waals surface area contributed by atoms with Crippen molar-refractivity contribution in [1.82, 2.24) is 0 Å². The highest BCUT2D eigenvalue weighted by molar-refractivity contribution is 6.06. The number of aromatic hydroxyl groups is 1. The highest BCUT2D eigenvalue weighted by atomic mass is 16.6. The molecule has 6 heteroatoms. The second-order valence-corrected chi connectivity index (χ2v) is 5.27. The lowest BCUT2D eigenvalue weighted by Crippen LogP contribution is -2.02. The summed E-state index contributed by atoms with van der Waals surface area (Å²) >= 11 is 0. The molecule has 3 aromatic carbocycles. The van der Waals surface area contributed by atoms with Crippen LogP contribution in [0.25, 0.3) is 10.8 Å². The highest BCUT2D eigenvalue weighted by Gasteiger charge is 2.12. The molecule has 0 bridgehead atoms. The van der Waals surface area contributed by atoms with E-state index in [2.05, 4.69) is 10.5 Å². The fourth-order valence-corrected chi connectivity index (χ4v) is 2.48. The van der Waals surface area contributed by atoms with Gasteiger partial charge in [0, 0.05) is 17.0 Å². The minimum atomic E-state index is -0.472. The third-order valence-corrected chi connectivity index (χ3v) is 3.74. The van der Waals surface area contributed by atoms with Crippen molar-refractivity contribution in [3.63, 3.8) is 0 Å². The lowest BCUT2D eigenvalue weighted by molar-refractivity contribution is -0.384. The molecule has 0 heterocycles. The van der Waals surface area contributed by atoms with Crippen LogP contribution in [0.1, 0.15) is 12.5 Å². The minimum absolute atomic E-state index is 0.0585. The Bertz CT molecular complexity index is 951. The van der Waals surface area contributed by atoms with E-state index in [0.29, 0.717) is 17.0 Å². The van der Waals surface area contributed by atoms with Crippen LogP contribution >= 0.6 is 0 Å². The zero-order valence-corrected chi connectivity index (χ0v) is 12.9. The molecule has 0 spiro atoms. The lowest BCUT2D eigenvalue weighted by atomic mass is 10.0. The van der Waals surface area contributed by atoms with E-state index in [1.54, 1.807) is 31.2 Å². The average molecular weight is 321 g/mol. The molecule has 0 aliphatic heterocycles. The summed E-state index contributed by atoms with van der Waals surface area (Å²) in [5.41, 5.74) is 4.03. The summed E-state index contributed by atoms with van der Waals surface area (Å²) < 4.78 is 0. The Hall–Kier alpha value is -3.41. The molecule has 0 saturated heterocycles. The van der Waals surface area contributed by atoms with E-state index in [1.807, 2.05) is 30.3 Å². The van der Waals surface area contributed by atoms with Gasteiger partial charge >= 0.3 is 0 Å². The number of phenolic OH excluding ortho intramolecular Hbond substituents is 1. The Kier molecular flexibility index (Phi) is 4.11. The average Bonchev–Trinajstić information content (AvgIpc) is 2.60. The Labute approximate surface area is 138 Å². The van der Waals surface area contributed by atoms with Gasteiger partial charge in [0.1, 0.15) is 11.4 Å². The van der Waals surface area contributed by atoms with Crippen LogP contribution in [-0.2, 0) is 0 Å². The van der Waals surface area contributed by atoms with E-state index in [1.165, 1.54) is 6.07 Å². The van der Waals surface area contributed by atoms with E-state index in [9.17, 15) is 15.2 Å². The largest absolute Gasteiger partial charge is 0.507 e. The molecular weight excluding hydrogens is 306 g/mol. The molecule has 0 fully saturated rings. The van der Waals surface area contributed by atoms with Gasteiger partial charge in [-0.2, -0.15) is 5.10 Å². The Morgan fingerprint density at radius 2 is 1.79 bits per heavy atom. The van der Waals surface area contributed by atoms with Crippen molar-refractivity contribution in [3.8, 4) is 5.75 Å². The number of nitro groups is 1. The molecule has 0 aliphatic carbocycles. The van der Waals surface area contributed by atoms with Crippen molar-refractivity contribution >= 4 is 27.9 Å². The van der Waals surface area contributed by atoms with Crippen LogP contribution in [0.15, 0.2) is 65.8 Å². The smallest absolute Gasteiger partial charge is 0.294 e. The fraction of sp³-hybridized carbons (Fsp3) is 0.0556. The van der Waals surface area contributed by atoms with Gasteiger partial charge in [0.25, 0.3) is 5.69 Å². The first-order chi connectivity index (χ1) is 11.6. The topological polar surface area (TPSA) is 87.8 Å². The van der Waals surface area contributed by atoms with Gasteiger partial charge in [-0.15, -0.1) is 0 Å². The summed E-state index contributed by atoms with van der Waals surface area (Å²) in [6.07, 6.45) is 0. The van der Waals surface area contributed by atoms with Gasteiger partial charge in [0.2, 0.25) is 0 Å². The number of phenols is 1. The Balaban J connectivity index is 1.95. The van der Waals surface area contributed by atoms with E-state index < -0.39 is 4.92 Å². The van der Waals surface area contributed by atoms with Crippen LogP contribution in [0.4, 0.5) is 11.4 Å². The molecule has 0 saturated carbocycles. The number of anilines is 1. The minimum Gasteiger partial charge on any atom is -0.507 e. The third kappa shape index (κ3) is 2.89. The Morgan fingerprint density at radius 3 is 2.58 bits per heavy atom. The lowest BCUT2D eigenvalue weighted by Gasteiger charge is -2.08. The molecule has 6 nitrogen and oxygen atoms in total. The van der Waals surface area contributed by atoms with Gasteiger partial charge < -0.3 is 5.11 Å². The van der Waals surface area contributed by atoms with Gasteiger partial charge in [0.15, 0.2) is 0 Å². The summed E-state index contributed by atoms with van der Waals surface area (Å²) in [6, 6.07) is 17.4. The molecule has 0 aliphatic rings. The molecule has 0 radical (unpaired) electrons. The quantitative estimate of drug-likeness (QED) is 0.426. The predicted octanol–water partition coefficient (Wildman–Crippen LogP) is 4.29. The number of hydrazone groups is 1. The van der Waals surface area contributed by atoms with E-state index in [4.69, 9.17) is 0 Å². The maximum atomic E-state index is 11.0. The summed E-state index contributed by atoms with van der Waals surface area (Å²) in [7, 11) is 0. The highest BCUT2D eigenvalue weighted by Crippen LogP contribution is 2.29. The second kappa shape index (κ2) is 6.37. The number of nitrogens with zero attached hydrogens (tertiary/aromatic N) is 2. The maximum absolute atomic E-state index is 11.0. The molecule has 24 heavy (non-hydrogen) atoms. The van der Waals surface area contributed by atoms with Crippen LogP contribution in [-0.4, -0.2) is 15.7 Å². The van der Waals surface area contributed by atoms with Gasteiger partial charge in [0.05, 0.1) is 10.6 Å². The number of para-hydroxylation sites is 2. The van der Waals surface area contributed by atoms with Crippen LogP contribution < -0.4 is 5.43 Å². The predicted molar refractivity (Wildman–Crippen MR) is 94.5 cm³/mol. The maximum Gasteiger partial charge on any atom is 0.294 e. The first-order valence-electron chi connectivity index (χ1n) is 7.32. The van der Waals surface area contributed by atoms with E-state index in [0.717, 1.165) is 10.8 Å². The third-order valence-electron chi connectivity index (χ3n) is 3.74. The molecule has 3 rings (SSSR count). The van der Waals surface area contributed by atoms with Crippen LogP contribution in [0.3, 0.4) is 0 Å². The van der Waals surface area contributed by atoms with Gasteiger partial charge in [-0.1, -0.05) is 42.5 Å². The summed E-state index contributed by atoms with van der Waals surface area (Å²) in [5, 5.41) is 27.3. The zero-order chi connectivity index (χ0) is 17.1. The van der Waals surface area contributed by atoms with Crippen LogP contribution in [0, 0.1) is 10.1 Å². The number of nitrogens with one attached hydrogen (secondary N) is 1. The monoisotopic (exact) mass is 321 g/mol. The summed E-state index contributed by atoms with van der Waals surface area (Å²) in [5.74, 6) is 0.138. The Morgan fingerprint density at radius 1 is 1.08 bits per heavy atom. The normalized spacial score (nSPS) is 11.5. The van der Waals surface area contributed by atoms with Crippen molar-refractivity contribution in [2.75, 3.05) is 5.43 Å². The van der Waals surface area contributed by atoms with Gasteiger partial charge in [-0.05, 0) is 24.4 Å². The number of fused-ring (bicyclic) bond motifs is 1. The molecule has 0 unspecified atom stereocenters. The molecule has 3 aromatic rings. The molecule has 0 amide bonds. The molecule has 120 valence electrons. The summed E-state index contributed by atoms with van der Waals surface area (Å²) in [6.45, 7) is 1.73. The standard InChI is InChI=1S/C18H15N3O3/c1-12(19-20-16-8-4-5-9-17(16)21(23)24)14-11-10-13-6-2-3-7-15(13)18(14)22/h2-11,20,22H,1H3/b19-12+. The number of hydrogen-bond acceptors (Lipinski definition) is 5. The van der Waals surface area contributed by atoms with Crippen molar-refractivity contribution in [2.45, 2.75) is 6.92 Å². The number of benzene rings is 3. The van der Waals surface area contributed by atoms with Gasteiger partial charge in [-0.3, -0.25) is 15.5 Å². The van der Waals surface area contributed by atoms with Crippen molar-refractivity contribution in [2.24, 2.45) is 5.10 Å². The zero-order valence-electron chi connectivity index (χ0n) is 12.9. The van der Waals surface area contributed by atoms with Crippen molar-refractivity contribution < 1.29 is 10.0 Å². The van der Waals surface area contributed by atoms with Crippen LogP contribution in [0.2, 0.25) is 0 Å². The number of rotatable bonds is 4. The first kappa shape index (κ1) is 15.5. The van der Waals surface area contributed by atoms with Gasteiger partial charge in [-0.25, -0.2) is 0 Å². The van der Waals surface area contributed by atoms with Crippen molar-refractivity contribution in [3.05, 3.63) is 76.3 Å². The molecular formula is C18H15N3O3. The SMILES string of the molecule is C/C(=N\Nc1ccccc1[N+](=O)[O-])c1ccc2ccccc2c1O. The first-order valence-corrected chi connectivity index (χ1v) is 7.32. The summed E-state index contributed by atoms with van der Waals surface area (Å²) in [4.78, 5) is 10.5. The molecule has 0 atom stereocenters. The second-order valence-electron chi connectivity index (χ2n) is 5.27. The molecule has 2 N–H and O–H groups in total. The van der Waals surface area contributed by atoms with E-state index >= 15 is 0 Å². The fourth-order valence-electron chi connectivity index (χ4n) is 2.48.